The van der Waals surface area contributed by atoms with Crippen LogP contribution in [0.2, 0.25) is 0 Å². The van der Waals surface area contributed by atoms with Crippen molar-refractivity contribution >= 4 is 0 Å². The van der Waals surface area contributed by atoms with Crippen LogP contribution in [0.5, 0.6) is 5.75 Å². The summed E-state index contributed by atoms with van der Waals surface area (Å²) in [4.78, 5) is 0. The van der Waals surface area contributed by atoms with E-state index in [9.17, 15) is 5.11 Å². The average Bonchev–Trinajstić information content (AvgIpc) is 2.38. The van der Waals surface area contributed by atoms with Crippen LogP contribution in [0.15, 0.2) is 24.3 Å². The quantitative estimate of drug-likeness (QED) is 0.782. The van der Waals surface area contributed by atoms with Gasteiger partial charge in [0.1, 0.15) is 5.75 Å². The molecule has 1 aromatic carbocycles. The van der Waals surface area contributed by atoms with Gasteiger partial charge in [0, 0.05) is 6.54 Å². The van der Waals surface area contributed by atoms with Gasteiger partial charge in [0.2, 0.25) is 0 Å². The lowest BCUT2D eigenvalue weighted by molar-refractivity contribution is 0.171. The largest absolute Gasteiger partial charge is 0.497 e. The SMILES string of the molecule is COc1cccc(C(O)CNCC(C)C(C)C)c1. The van der Waals surface area contributed by atoms with Gasteiger partial charge < -0.3 is 15.2 Å². The summed E-state index contributed by atoms with van der Waals surface area (Å²) in [7, 11) is 1.63. The van der Waals surface area contributed by atoms with Gasteiger partial charge in [0.25, 0.3) is 0 Å². The van der Waals surface area contributed by atoms with Gasteiger partial charge in [0.15, 0.2) is 0 Å². The van der Waals surface area contributed by atoms with E-state index in [1.807, 2.05) is 24.3 Å². The third-order valence-electron chi connectivity index (χ3n) is 3.42. The first-order valence-electron chi connectivity index (χ1n) is 6.57. The lowest BCUT2D eigenvalue weighted by Crippen LogP contribution is -2.28. The molecule has 0 aliphatic carbocycles. The third kappa shape index (κ3) is 4.67. The Balaban J connectivity index is 2.42. The summed E-state index contributed by atoms with van der Waals surface area (Å²) < 4.78 is 5.15. The van der Waals surface area contributed by atoms with Crippen LogP contribution >= 0.6 is 0 Å². The van der Waals surface area contributed by atoms with E-state index in [0.717, 1.165) is 17.9 Å². The van der Waals surface area contributed by atoms with E-state index < -0.39 is 6.10 Å². The summed E-state index contributed by atoms with van der Waals surface area (Å²) in [6.45, 7) is 8.15. The van der Waals surface area contributed by atoms with E-state index in [-0.39, 0.29) is 0 Å². The number of benzene rings is 1. The van der Waals surface area contributed by atoms with Crippen LogP contribution in [0.1, 0.15) is 32.4 Å². The van der Waals surface area contributed by atoms with Gasteiger partial charge >= 0.3 is 0 Å². The third-order valence-corrected chi connectivity index (χ3v) is 3.42. The summed E-state index contributed by atoms with van der Waals surface area (Å²) in [6, 6.07) is 7.57. The molecule has 0 bridgehead atoms. The monoisotopic (exact) mass is 251 g/mol. The summed E-state index contributed by atoms with van der Waals surface area (Å²) in [5.41, 5.74) is 0.888. The number of aliphatic hydroxyl groups is 1. The fraction of sp³-hybridized carbons (Fsp3) is 0.600. The molecular weight excluding hydrogens is 226 g/mol. The molecule has 0 saturated heterocycles. The first kappa shape index (κ1) is 15.0. The molecule has 102 valence electrons. The summed E-state index contributed by atoms with van der Waals surface area (Å²) in [6.07, 6.45) is -0.487. The number of rotatable bonds is 7. The Morgan fingerprint density at radius 3 is 2.56 bits per heavy atom. The van der Waals surface area contributed by atoms with Crippen LogP contribution in [-0.4, -0.2) is 25.3 Å². The van der Waals surface area contributed by atoms with Crippen molar-refractivity contribution in [3.63, 3.8) is 0 Å². The van der Waals surface area contributed by atoms with Crippen molar-refractivity contribution in [2.24, 2.45) is 11.8 Å². The number of methoxy groups -OCH3 is 1. The predicted molar refractivity (Wildman–Crippen MR) is 74.8 cm³/mol. The van der Waals surface area contributed by atoms with Crippen LogP contribution in [0.4, 0.5) is 0 Å². The molecule has 0 fully saturated rings. The molecular formula is C15H25NO2. The van der Waals surface area contributed by atoms with E-state index in [1.54, 1.807) is 7.11 Å². The van der Waals surface area contributed by atoms with E-state index in [1.165, 1.54) is 0 Å². The summed E-state index contributed by atoms with van der Waals surface area (Å²) in [5, 5.41) is 13.4. The maximum Gasteiger partial charge on any atom is 0.119 e. The zero-order valence-electron chi connectivity index (χ0n) is 11.8. The van der Waals surface area contributed by atoms with E-state index in [4.69, 9.17) is 4.74 Å². The number of ether oxygens (including phenoxy) is 1. The van der Waals surface area contributed by atoms with Gasteiger partial charge in [-0.15, -0.1) is 0 Å². The van der Waals surface area contributed by atoms with Crippen molar-refractivity contribution in [3.8, 4) is 5.75 Å². The highest BCUT2D eigenvalue weighted by Gasteiger charge is 2.10. The molecule has 3 heteroatoms. The van der Waals surface area contributed by atoms with Gasteiger partial charge in [-0.05, 0) is 36.1 Å². The van der Waals surface area contributed by atoms with Gasteiger partial charge in [-0.3, -0.25) is 0 Å². The molecule has 0 aliphatic rings. The minimum atomic E-state index is -0.487. The second kappa shape index (κ2) is 7.39. The molecule has 2 N–H and O–H groups in total. The van der Waals surface area contributed by atoms with Gasteiger partial charge in [-0.2, -0.15) is 0 Å². The van der Waals surface area contributed by atoms with Crippen LogP contribution in [0.25, 0.3) is 0 Å². The van der Waals surface area contributed by atoms with Crippen molar-refractivity contribution in [3.05, 3.63) is 29.8 Å². The minimum absolute atomic E-state index is 0.487. The number of nitrogens with one attached hydrogen (secondary N) is 1. The predicted octanol–water partition coefficient (Wildman–Crippen LogP) is 2.61. The Hall–Kier alpha value is -1.06. The van der Waals surface area contributed by atoms with Crippen LogP contribution in [-0.2, 0) is 0 Å². The van der Waals surface area contributed by atoms with Gasteiger partial charge in [-0.1, -0.05) is 32.9 Å². The van der Waals surface area contributed by atoms with Crippen molar-refractivity contribution in [2.45, 2.75) is 26.9 Å². The van der Waals surface area contributed by atoms with Crippen molar-refractivity contribution in [1.82, 2.24) is 5.32 Å². The van der Waals surface area contributed by atoms with Crippen molar-refractivity contribution in [2.75, 3.05) is 20.2 Å². The Morgan fingerprint density at radius 2 is 1.94 bits per heavy atom. The molecule has 2 unspecified atom stereocenters. The zero-order chi connectivity index (χ0) is 13.5. The summed E-state index contributed by atoms with van der Waals surface area (Å²) in [5.74, 6) is 2.05. The highest BCUT2D eigenvalue weighted by molar-refractivity contribution is 5.29. The van der Waals surface area contributed by atoms with Gasteiger partial charge in [0.05, 0.1) is 13.2 Å². The Bertz CT molecular complexity index is 352. The van der Waals surface area contributed by atoms with Crippen molar-refractivity contribution < 1.29 is 9.84 Å². The highest BCUT2D eigenvalue weighted by Crippen LogP contribution is 2.18. The molecule has 0 saturated carbocycles. The molecule has 3 nitrogen and oxygen atoms in total. The molecule has 0 heterocycles. The molecule has 0 spiro atoms. The van der Waals surface area contributed by atoms with Gasteiger partial charge in [-0.25, -0.2) is 0 Å². The Labute approximate surface area is 110 Å². The van der Waals surface area contributed by atoms with E-state index in [0.29, 0.717) is 18.4 Å². The molecule has 18 heavy (non-hydrogen) atoms. The fourth-order valence-corrected chi connectivity index (χ4v) is 1.65. The maximum absolute atomic E-state index is 10.1. The number of aliphatic hydroxyl groups excluding tert-OH is 1. The number of hydrogen-bond donors (Lipinski definition) is 2. The summed E-state index contributed by atoms with van der Waals surface area (Å²) >= 11 is 0. The molecule has 0 radical (unpaired) electrons. The fourth-order valence-electron chi connectivity index (χ4n) is 1.65. The Kier molecular flexibility index (Phi) is 6.16. The average molecular weight is 251 g/mol. The normalized spacial score (nSPS) is 14.6. The molecule has 1 aromatic rings. The Morgan fingerprint density at radius 1 is 1.22 bits per heavy atom. The van der Waals surface area contributed by atoms with E-state index >= 15 is 0 Å². The molecule has 2 atom stereocenters. The maximum atomic E-state index is 10.1. The van der Waals surface area contributed by atoms with Crippen LogP contribution < -0.4 is 10.1 Å². The number of hydrogen-bond acceptors (Lipinski definition) is 3. The highest BCUT2D eigenvalue weighted by atomic mass is 16.5. The zero-order valence-corrected chi connectivity index (χ0v) is 11.8. The lowest BCUT2D eigenvalue weighted by atomic mass is 9.98. The second-order valence-corrected chi connectivity index (χ2v) is 5.17. The first-order chi connectivity index (χ1) is 8.54. The van der Waals surface area contributed by atoms with Crippen LogP contribution in [0, 0.1) is 11.8 Å². The molecule has 0 amide bonds. The molecule has 1 rings (SSSR count). The lowest BCUT2D eigenvalue weighted by Gasteiger charge is -2.18. The molecule has 0 aliphatic heterocycles. The van der Waals surface area contributed by atoms with Crippen molar-refractivity contribution in [1.29, 1.82) is 0 Å². The smallest absolute Gasteiger partial charge is 0.119 e. The minimum Gasteiger partial charge on any atom is -0.497 e. The molecule has 0 aromatic heterocycles. The van der Waals surface area contributed by atoms with E-state index in [2.05, 4.69) is 26.1 Å². The van der Waals surface area contributed by atoms with Crippen LogP contribution in [0.3, 0.4) is 0 Å². The first-order valence-corrected chi connectivity index (χ1v) is 6.57. The standard InChI is InChI=1S/C15H25NO2/c1-11(2)12(3)9-16-10-15(17)13-6-5-7-14(8-13)18-4/h5-8,11-12,15-17H,9-10H2,1-4H3. The second-order valence-electron chi connectivity index (χ2n) is 5.17. The topological polar surface area (TPSA) is 41.5 Å².